The van der Waals surface area contributed by atoms with Gasteiger partial charge in [0, 0.05) is 6.20 Å². The van der Waals surface area contributed by atoms with Gasteiger partial charge >= 0.3 is 0 Å². The minimum atomic E-state index is -0.666. The molecule has 0 saturated carbocycles. The van der Waals surface area contributed by atoms with Crippen LogP contribution < -0.4 is 0 Å². The van der Waals surface area contributed by atoms with E-state index in [2.05, 4.69) is 5.10 Å². The average molecular weight is 181 g/mol. The molecule has 0 aliphatic carbocycles. The van der Waals surface area contributed by atoms with Gasteiger partial charge in [-0.15, -0.1) is 0 Å². The molecule has 0 saturated heterocycles. The molecule has 0 fully saturated rings. The van der Waals surface area contributed by atoms with Crippen LogP contribution in [-0.2, 0) is 6.54 Å². The van der Waals surface area contributed by atoms with E-state index in [1.807, 2.05) is 12.1 Å². The second-order valence-electron chi connectivity index (χ2n) is 2.19. The fourth-order valence-electron chi connectivity index (χ4n) is 0.736. The summed E-state index contributed by atoms with van der Waals surface area (Å²) in [6, 6.07) is 3.69. The second-order valence-corrected chi connectivity index (χ2v) is 2.63. The highest BCUT2D eigenvalue weighted by atomic mass is 35.5. The van der Waals surface area contributed by atoms with Crippen molar-refractivity contribution in [3.63, 3.8) is 0 Å². The largest absolute Gasteiger partial charge is 0.269 e. The molecule has 0 radical (unpaired) electrons. The van der Waals surface area contributed by atoms with Gasteiger partial charge in [0.15, 0.2) is 5.92 Å². The molecule has 0 bridgehead atoms. The van der Waals surface area contributed by atoms with Crippen molar-refractivity contribution in [2.45, 2.75) is 6.54 Å². The summed E-state index contributed by atoms with van der Waals surface area (Å²) in [5.41, 5.74) is 0. The third kappa shape index (κ3) is 1.98. The maximum atomic E-state index is 8.45. The Morgan fingerprint density at radius 2 is 2.25 bits per heavy atom. The first-order valence-corrected chi connectivity index (χ1v) is 3.61. The van der Waals surface area contributed by atoms with Crippen LogP contribution in [0.3, 0.4) is 0 Å². The van der Waals surface area contributed by atoms with Crippen LogP contribution in [-0.4, -0.2) is 9.78 Å². The van der Waals surface area contributed by atoms with Gasteiger partial charge in [-0.05, 0) is 0 Å². The minimum Gasteiger partial charge on any atom is -0.269 e. The van der Waals surface area contributed by atoms with E-state index in [1.165, 1.54) is 10.9 Å². The lowest BCUT2D eigenvalue weighted by atomic mass is 10.2. The van der Waals surface area contributed by atoms with E-state index in [9.17, 15) is 0 Å². The van der Waals surface area contributed by atoms with Crippen LogP contribution in [0.2, 0.25) is 5.02 Å². The molecule has 0 aromatic carbocycles. The van der Waals surface area contributed by atoms with Crippen molar-refractivity contribution in [2.24, 2.45) is 5.92 Å². The normalized spacial score (nSPS) is 9.33. The molecule has 0 unspecified atom stereocenters. The van der Waals surface area contributed by atoms with Gasteiger partial charge in [0.1, 0.15) is 0 Å². The smallest absolute Gasteiger partial charge is 0.152 e. The van der Waals surface area contributed by atoms with Crippen molar-refractivity contribution >= 4 is 11.6 Å². The van der Waals surface area contributed by atoms with Crippen LogP contribution in [0.5, 0.6) is 0 Å². The van der Waals surface area contributed by atoms with Crippen LogP contribution in [0.25, 0.3) is 0 Å². The zero-order chi connectivity index (χ0) is 8.97. The van der Waals surface area contributed by atoms with Crippen molar-refractivity contribution in [1.29, 1.82) is 10.5 Å². The number of halogens is 1. The average Bonchev–Trinajstić information content (AvgIpc) is 2.47. The molecule has 4 nitrogen and oxygen atoms in total. The van der Waals surface area contributed by atoms with Gasteiger partial charge in [0.25, 0.3) is 0 Å². The molecular weight excluding hydrogens is 176 g/mol. The van der Waals surface area contributed by atoms with Crippen LogP contribution >= 0.6 is 11.6 Å². The van der Waals surface area contributed by atoms with E-state index in [4.69, 9.17) is 22.1 Å². The standard InChI is InChI=1S/C7H5ClN4/c8-7-3-11-12(5-7)4-6(1-9)2-10/h3,5-6H,4H2. The minimum absolute atomic E-state index is 0.264. The number of hydrogen-bond donors (Lipinski definition) is 0. The maximum Gasteiger partial charge on any atom is 0.152 e. The van der Waals surface area contributed by atoms with Crippen LogP contribution in [0, 0.1) is 28.6 Å². The summed E-state index contributed by atoms with van der Waals surface area (Å²) in [5.74, 6) is -0.666. The fourth-order valence-corrected chi connectivity index (χ4v) is 0.892. The van der Waals surface area contributed by atoms with Crippen molar-refractivity contribution in [2.75, 3.05) is 0 Å². The summed E-state index contributed by atoms with van der Waals surface area (Å²) in [6.07, 6.45) is 3.04. The van der Waals surface area contributed by atoms with Gasteiger partial charge in [-0.3, -0.25) is 4.68 Å². The number of nitriles is 2. The Labute approximate surface area is 74.6 Å². The van der Waals surface area contributed by atoms with Crippen molar-refractivity contribution in [1.82, 2.24) is 9.78 Å². The number of nitrogens with zero attached hydrogens (tertiary/aromatic N) is 4. The molecule has 60 valence electrons. The van der Waals surface area contributed by atoms with Crippen molar-refractivity contribution in [3.8, 4) is 12.1 Å². The molecule has 1 aromatic rings. The Morgan fingerprint density at radius 1 is 1.58 bits per heavy atom. The number of aromatic nitrogens is 2. The van der Waals surface area contributed by atoms with E-state index >= 15 is 0 Å². The first-order chi connectivity index (χ1) is 5.76. The lowest BCUT2D eigenvalue weighted by Gasteiger charge is -1.98. The second kappa shape index (κ2) is 3.75. The zero-order valence-corrected chi connectivity index (χ0v) is 6.86. The van der Waals surface area contributed by atoms with E-state index in [0.29, 0.717) is 5.02 Å². The molecule has 5 heteroatoms. The Morgan fingerprint density at radius 3 is 2.67 bits per heavy atom. The molecule has 0 atom stereocenters. The van der Waals surface area contributed by atoms with Crippen LogP contribution in [0.4, 0.5) is 0 Å². The maximum absolute atomic E-state index is 8.45. The van der Waals surface area contributed by atoms with Crippen LogP contribution in [0.15, 0.2) is 12.4 Å². The van der Waals surface area contributed by atoms with E-state index < -0.39 is 5.92 Å². The first-order valence-electron chi connectivity index (χ1n) is 3.23. The summed E-state index contributed by atoms with van der Waals surface area (Å²) < 4.78 is 1.47. The lowest BCUT2D eigenvalue weighted by molar-refractivity contribution is 0.567. The topological polar surface area (TPSA) is 65.4 Å². The highest BCUT2D eigenvalue weighted by Gasteiger charge is 2.06. The SMILES string of the molecule is N#CC(C#N)Cn1cc(Cl)cn1. The monoisotopic (exact) mass is 180 g/mol. The number of rotatable bonds is 2. The fraction of sp³-hybridized carbons (Fsp3) is 0.286. The van der Waals surface area contributed by atoms with E-state index in [1.54, 1.807) is 6.20 Å². The van der Waals surface area contributed by atoms with E-state index in [-0.39, 0.29) is 6.54 Å². The van der Waals surface area contributed by atoms with Gasteiger partial charge in [-0.2, -0.15) is 15.6 Å². The molecule has 1 heterocycles. The van der Waals surface area contributed by atoms with E-state index in [0.717, 1.165) is 0 Å². The van der Waals surface area contributed by atoms with Gasteiger partial charge in [0.05, 0.1) is 29.9 Å². The predicted molar refractivity (Wildman–Crippen MR) is 42.0 cm³/mol. The molecule has 0 aliphatic heterocycles. The van der Waals surface area contributed by atoms with Gasteiger partial charge in [-0.1, -0.05) is 11.6 Å². The Kier molecular flexibility index (Phi) is 2.68. The molecule has 1 rings (SSSR count). The zero-order valence-electron chi connectivity index (χ0n) is 6.11. The molecule has 0 aliphatic rings. The molecule has 1 aromatic heterocycles. The summed E-state index contributed by atoms with van der Waals surface area (Å²) in [7, 11) is 0. The summed E-state index contributed by atoms with van der Waals surface area (Å²) >= 11 is 5.58. The third-order valence-electron chi connectivity index (χ3n) is 1.28. The van der Waals surface area contributed by atoms with Gasteiger partial charge in [-0.25, -0.2) is 0 Å². The highest BCUT2D eigenvalue weighted by Crippen LogP contribution is 2.06. The van der Waals surface area contributed by atoms with Crippen molar-refractivity contribution < 1.29 is 0 Å². The quantitative estimate of drug-likeness (QED) is 0.687. The Hall–Kier alpha value is -1.52. The highest BCUT2D eigenvalue weighted by molar-refractivity contribution is 6.30. The Bertz CT molecular complexity index is 329. The molecule has 0 N–H and O–H groups in total. The third-order valence-corrected chi connectivity index (χ3v) is 1.48. The number of hydrogen-bond acceptors (Lipinski definition) is 3. The summed E-state index contributed by atoms with van der Waals surface area (Å²) in [5, 5.41) is 21.2. The summed E-state index contributed by atoms with van der Waals surface area (Å²) in [4.78, 5) is 0. The Balaban J connectivity index is 2.66. The van der Waals surface area contributed by atoms with Gasteiger partial charge < -0.3 is 0 Å². The molecule has 0 amide bonds. The van der Waals surface area contributed by atoms with Gasteiger partial charge in [0.2, 0.25) is 0 Å². The lowest BCUT2D eigenvalue weighted by Crippen LogP contribution is -2.07. The predicted octanol–water partition coefficient (Wildman–Crippen LogP) is 1.20. The first kappa shape index (κ1) is 8.58. The van der Waals surface area contributed by atoms with Crippen LogP contribution in [0.1, 0.15) is 0 Å². The molecular formula is C7H5ClN4. The van der Waals surface area contributed by atoms with Crippen molar-refractivity contribution in [3.05, 3.63) is 17.4 Å². The molecule has 0 spiro atoms. The summed E-state index contributed by atoms with van der Waals surface area (Å²) in [6.45, 7) is 0.264. The molecule has 12 heavy (non-hydrogen) atoms.